The summed E-state index contributed by atoms with van der Waals surface area (Å²) in [6, 6.07) is 25.6. The zero-order valence-corrected chi connectivity index (χ0v) is 17.2. The van der Waals surface area contributed by atoms with Crippen LogP contribution in [-0.2, 0) is 25.5 Å². The van der Waals surface area contributed by atoms with E-state index in [4.69, 9.17) is 9.47 Å². The average molecular weight is 427 g/mol. The number of carbonyl (C=O) groups excluding carboxylic acids is 1. The van der Waals surface area contributed by atoms with Gasteiger partial charge < -0.3 is 14.3 Å². The maximum absolute atomic E-state index is 13.0. The molecule has 0 aromatic heterocycles. The molecular formula is C26H21NO5. The molecule has 0 aliphatic carbocycles. The Hall–Kier alpha value is -3.61. The predicted molar refractivity (Wildman–Crippen MR) is 119 cm³/mol. The van der Waals surface area contributed by atoms with Crippen molar-refractivity contribution in [3.63, 3.8) is 0 Å². The third-order valence-corrected chi connectivity index (χ3v) is 6.51. The van der Waals surface area contributed by atoms with E-state index in [1.165, 1.54) is 12.1 Å². The van der Waals surface area contributed by atoms with E-state index in [2.05, 4.69) is 0 Å². The van der Waals surface area contributed by atoms with E-state index < -0.39 is 21.5 Å². The Kier molecular flexibility index (Phi) is 4.77. The minimum Gasteiger partial charge on any atom is -0.363 e. The number of non-ortho nitro benzene ring substituents is 1. The van der Waals surface area contributed by atoms with Crippen molar-refractivity contribution >= 4 is 18.0 Å². The Morgan fingerprint density at radius 3 is 1.66 bits per heavy atom. The summed E-state index contributed by atoms with van der Waals surface area (Å²) in [4.78, 5) is 23.6. The second-order valence-corrected chi connectivity index (χ2v) is 8.13. The van der Waals surface area contributed by atoms with Crippen LogP contribution in [0.5, 0.6) is 0 Å². The SMILES string of the molecule is O=CC(/C=C/c1ccc([N+](=O)[O-])cc1)(C1(c2ccccc2)CO1)C1(c2ccccc2)CO1. The normalized spacial score (nSPS) is 25.8. The van der Waals surface area contributed by atoms with E-state index in [-0.39, 0.29) is 5.69 Å². The van der Waals surface area contributed by atoms with E-state index in [1.54, 1.807) is 12.1 Å². The zero-order chi connectivity index (χ0) is 22.2. The number of aldehydes is 1. The van der Waals surface area contributed by atoms with E-state index in [1.807, 2.05) is 72.8 Å². The molecule has 0 saturated carbocycles. The Morgan fingerprint density at radius 2 is 1.28 bits per heavy atom. The monoisotopic (exact) mass is 427 g/mol. The molecule has 2 aliphatic rings. The molecule has 2 unspecified atom stereocenters. The van der Waals surface area contributed by atoms with Crippen molar-refractivity contribution in [2.45, 2.75) is 11.2 Å². The second-order valence-electron chi connectivity index (χ2n) is 8.13. The molecule has 32 heavy (non-hydrogen) atoms. The molecule has 0 radical (unpaired) electrons. The topological polar surface area (TPSA) is 85.3 Å². The van der Waals surface area contributed by atoms with Gasteiger partial charge in [0.15, 0.2) is 0 Å². The highest BCUT2D eigenvalue weighted by Gasteiger charge is 2.75. The summed E-state index contributed by atoms with van der Waals surface area (Å²) < 4.78 is 12.1. The lowest BCUT2D eigenvalue weighted by molar-refractivity contribution is -0.384. The van der Waals surface area contributed by atoms with Gasteiger partial charge in [0.05, 0.1) is 18.1 Å². The van der Waals surface area contributed by atoms with Crippen LogP contribution in [0, 0.1) is 15.5 Å². The van der Waals surface area contributed by atoms with Crippen molar-refractivity contribution in [2.24, 2.45) is 5.41 Å². The number of hydrogen-bond donors (Lipinski definition) is 0. The van der Waals surface area contributed by atoms with Crippen LogP contribution in [0.15, 0.2) is 91.0 Å². The third-order valence-electron chi connectivity index (χ3n) is 6.51. The maximum atomic E-state index is 13.0. The van der Waals surface area contributed by atoms with Crippen LogP contribution in [0.1, 0.15) is 16.7 Å². The molecule has 2 saturated heterocycles. The molecule has 2 aliphatic heterocycles. The minimum atomic E-state index is -1.13. The van der Waals surface area contributed by atoms with Crippen LogP contribution in [0.3, 0.4) is 0 Å². The number of hydrogen-bond acceptors (Lipinski definition) is 5. The van der Waals surface area contributed by atoms with E-state index in [0.717, 1.165) is 23.0 Å². The Bertz CT molecular complexity index is 1110. The molecule has 2 atom stereocenters. The highest BCUT2D eigenvalue weighted by Crippen LogP contribution is 2.66. The van der Waals surface area contributed by atoms with Gasteiger partial charge in [-0.3, -0.25) is 10.1 Å². The molecule has 3 aromatic rings. The first kappa shape index (κ1) is 20.3. The third kappa shape index (κ3) is 2.99. The van der Waals surface area contributed by atoms with Gasteiger partial charge in [0.25, 0.3) is 5.69 Å². The van der Waals surface area contributed by atoms with Crippen LogP contribution in [0.25, 0.3) is 6.08 Å². The predicted octanol–water partition coefficient (Wildman–Crippen LogP) is 4.64. The van der Waals surface area contributed by atoms with Gasteiger partial charge in [-0.1, -0.05) is 72.8 Å². The number of nitro groups is 1. The number of benzene rings is 3. The molecule has 160 valence electrons. The lowest BCUT2D eigenvalue weighted by atomic mass is 9.62. The van der Waals surface area contributed by atoms with E-state index in [0.29, 0.717) is 13.2 Å². The summed E-state index contributed by atoms with van der Waals surface area (Å²) in [5.74, 6) is 0. The van der Waals surface area contributed by atoms with Crippen molar-refractivity contribution in [3.05, 3.63) is 118 Å². The number of epoxide rings is 2. The molecule has 0 spiro atoms. The van der Waals surface area contributed by atoms with Gasteiger partial charge in [0.1, 0.15) is 22.9 Å². The van der Waals surface area contributed by atoms with Gasteiger partial charge in [-0.05, 0) is 28.8 Å². The molecule has 2 fully saturated rings. The van der Waals surface area contributed by atoms with Gasteiger partial charge in [-0.15, -0.1) is 0 Å². The molecule has 6 heteroatoms. The first-order valence-corrected chi connectivity index (χ1v) is 10.4. The van der Waals surface area contributed by atoms with Crippen molar-refractivity contribution in [1.29, 1.82) is 0 Å². The Balaban J connectivity index is 1.64. The minimum absolute atomic E-state index is 0.0152. The van der Waals surface area contributed by atoms with Gasteiger partial charge >= 0.3 is 0 Å². The zero-order valence-electron chi connectivity index (χ0n) is 17.2. The molecule has 5 rings (SSSR count). The first-order chi connectivity index (χ1) is 15.6. The van der Waals surface area contributed by atoms with Crippen molar-refractivity contribution < 1.29 is 19.2 Å². The van der Waals surface area contributed by atoms with E-state index >= 15 is 0 Å². The van der Waals surface area contributed by atoms with Crippen LogP contribution in [0.2, 0.25) is 0 Å². The first-order valence-electron chi connectivity index (χ1n) is 10.4. The van der Waals surface area contributed by atoms with Crippen LogP contribution < -0.4 is 0 Å². The summed E-state index contributed by atoms with van der Waals surface area (Å²) in [5.41, 5.74) is -0.280. The Labute approximate surface area is 185 Å². The quantitative estimate of drug-likeness (QED) is 0.226. The molecule has 0 N–H and O–H groups in total. The molecule has 2 heterocycles. The maximum Gasteiger partial charge on any atom is 0.269 e. The van der Waals surface area contributed by atoms with Gasteiger partial charge in [-0.25, -0.2) is 0 Å². The fourth-order valence-corrected chi connectivity index (χ4v) is 4.61. The molecule has 6 nitrogen and oxygen atoms in total. The van der Waals surface area contributed by atoms with Gasteiger partial charge in [0, 0.05) is 12.1 Å². The number of ether oxygens (including phenoxy) is 2. The molecule has 0 bridgehead atoms. The fourth-order valence-electron chi connectivity index (χ4n) is 4.61. The van der Waals surface area contributed by atoms with Gasteiger partial charge in [-0.2, -0.15) is 0 Å². The van der Waals surface area contributed by atoms with Crippen LogP contribution in [0.4, 0.5) is 5.69 Å². The standard InChI is InChI=1S/C26H21NO5/c28-17-24(25(18-31-25)21-7-3-1-4-8-21,26(19-32-26)22-9-5-2-6-10-22)16-15-20-11-13-23(14-12-20)27(29)30/h1-17H,18-19H2/b16-15+. The van der Waals surface area contributed by atoms with Crippen molar-refractivity contribution in [3.8, 4) is 0 Å². The number of rotatable bonds is 8. The smallest absolute Gasteiger partial charge is 0.269 e. The lowest BCUT2D eigenvalue weighted by Crippen LogP contribution is -2.47. The summed E-state index contributed by atoms with van der Waals surface area (Å²) in [6.07, 6.45) is 4.60. The molecule has 0 amide bonds. The largest absolute Gasteiger partial charge is 0.363 e. The summed E-state index contributed by atoms with van der Waals surface area (Å²) >= 11 is 0. The van der Waals surface area contributed by atoms with E-state index in [9.17, 15) is 14.9 Å². The average Bonchev–Trinajstić information content (AvgIpc) is 3.77. The number of nitrogens with zero attached hydrogens (tertiary/aromatic N) is 1. The molecular weight excluding hydrogens is 406 g/mol. The van der Waals surface area contributed by atoms with Crippen molar-refractivity contribution in [2.75, 3.05) is 13.2 Å². The summed E-state index contributed by atoms with van der Waals surface area (Å²) in [5, 5.41) is 11.0. The summed E-state index contributed by atoms with van der Waals surface area (Å²) in [6.45, 7) is 0.774. The van der Waals surface area contributed by atoms with Crippen LogP contribution >= 0.6 is 0 Å². The number of nitro benzene ring substituents is 1. The fraction of sp³-hybridized carbons (Fsp3) is 0.192. The highest BCUT2D eigenvalue weighted by atomic mass is 16.6. The lowest BCUT2D eigenvalue weighted by Gasteiger charge is -2.37. The summed E-state index contributed by atoms with van der Waals surface area (Å²) in [7, 11) is 0. The molecule has 3 aromatic carbocycles. The van der Waals surface area contributed by atoms with Gasteiger partial charge in [0.2, 0.25) is 0 Å². The second kappa shape index (κ2) is 7.51. The highest BCUT2D eigenvalue weighted by molar-refractivity contribution is 5.75. The van der Waals surface area contributed by atoms with Crippen molar-refractivity contribution in [1.82, 2.24) is 0 Å². The Morgan fingerprint density at radius 1 is 0.812 bits per heavy atom. The number of carbonyl (C=O) groups is 1. The van der Waals surface area contributed by atoms with Crippen LogP contribution in [-0.4, -0.2) is 24.4 Å².